The van der Waals surface area contributed by atoms with Crippen molar-refractivity contribution in [3.63, 3.8) is 0 Å². The van der Waals surface area contributed by atoms with E-state index in [1.54, 1.807) is 30.2 Å². The van der Waals surface area contributed by atoms with Crippen LogP contribution in [-0.4, -0.2) is 28.9 Å². The highest BCUT2D eigenvalue weighted by atomic mass is 79.9. The van der Waals surface area contributed by atoms with Crippen molar-refractivity contribution in [2.75, 3.05) is 7.05 Å². The molecule has 24 heavy (non-hydrogen) atoms. The first-order valence-corrected chi connectivity index (χ1v) is 9.15. The number of benzene rings is 2. The molecular weight excluding hydrogens is 388 g/mol. The maximum atomic E-state index is 12.5. The van der Waals surface area contributed by atoms with E-state index in [-0.39, 0.29) is 5.91 Å². The van der Waals surface area contributed by atoms with Gasteiger partial charge in [0.1, 0.15) is 10.8 Å². The molecule has 0 N–H and O–H groups in total. The fourth-order valence-corrected chi connectivity index (χ4v) is 3.63. The minimum Gasteiger partial charge on any atom is -0.481 e. The molecule has 0 unspecified atom stereocenters. The summed E-state index contributed by atoms with van der Waals surface area (Å²) in [6.45, 7) is 2.24. The summed E-state index contributed by atoms with van der Waals surface area (Å²) in [7, 11) is 1.77. The molecule has 1 heterocycles. The monoisotopic (exact) mass is 404 g/mol. The molecule has 0 fully saturated rings. The smallest absolute Gasteiger partial charge is 0.263 e. The lowest BCUT2D eigenvalue weighted by molar-refractivity contribution is -0.137. The zero-order valence-electron chi connectivity index (χ0n) is 13.4. The molecule has 0 spiro atoms. The van der Waals surface area contributed by atoms with Crippen molar-refractivity contribution in [1.82, 2.24) is 9.88 Å². The number of hydrogen-bond donors (Lipinski definition) is 0. The van der Waals surface area contributed by atoms with Gasteiger partial charge in [0.25, 0.3) is 5.91 Å². The van der Waals surface area contributed by atoms with Crippen LogP contribution < -0.4 is 4.74 Å². The minimum absolute atomic E-state index is 0.0721. The fraction of sp³-hybridized carbons (Fsp3) is 0.222. The van der Waals surface area contributed by atoms with Gasteiger partial charge in [0.05, 0.1) is 16.8 Å². The number of aromatic nitrogens is 1. The summed E-state index contributed by atoms with van der Waals surface area (Å²) in [5.74, 6) is 0.601. The van der Waals surface area contributed by atoms with Crippen molar-refractivity contribution < 1.29 is 9.53 Å². The van der Waals surface area contributed by atoms with Gasteiger partial charge in [-0.05, 0) is 43.3 Å². The van der Waals surface area contributed by atoms with Crippen molar-refractivity contribution >= 4 is 43.4 Å². The van der Waals surface area contributed by atoms with Gasteiger partial charge < -0.3 is 9.64 Å². The van der Waals surface area contributed by atoms with Gasteiger partial charge in [-0.25, -0.2) is 4.98 Å². The molecule has 3 aromatic rings. The Hall–Kier alpha value is -1.92. The maximum absolute atomic E-state index is 12.5. The molecule has 2 aromatic carbocycles. The molecule has 3 rings (SSSR count). The van der Waals surface area contributed by atoms with Crippen LogP contribution in [0, 0.1) is 0 Å². The Morgan fingerprint density at radius 3 is 2.67 bits per heavy atom. The molecule has 0 aliphatic rings. The highest BCUT2D eigenvalue weighted by Gasteiger charge is 2.20. The van der Waals surface area contributed by atoms with Gasteiger partial charge in [-0.3, -0.25) is 4.79 Å². The summed E-state index contributed by atoms with van der Waals surface area (Å²) in [5, 5.41) is 0.919. The quantitative estimate of drug-likeness (QED) is 0.629. The van der Waals surface area contributed by atoms with E-state index in [1.807, 2.05) is 48.5 Å². The largest absolute Gasteiger partial charge is 0.481 e. The topological polar surface area (TPSA) is 42.4 Å². The molecule has 124 valence electrons. The lowest BCUT2D eigenvalue weighted by Crippen LogP contribution is -2.37. The van der Waals surface area contributed by atoms with Crippen molar-refractivity contribution in [1.29, 1.82) is 0 Å². The standard InChI is InChI=1S/C18H17BrN2O2S/c1-12(23-14-9-7-13(19)8-10-14)18(22)21(2)11-17-20-15-5-3-4-6-16(15)24-17/h3-10,12H,11H2,1-2H3/t12-/m0/s1. The molecule has 1 atom stereocenters. The van der Waals surface area contributed by atoms with E-state index in [0.717, 1.165) is 19.7 Å². The maximum Gasteiger partial charge on any atom is 0.263 e. The molecule has 0 bridgehead atoms. The average molecular weight is 405 g/mol. The minimum atomic E-state index is -0.550. The molecule has 0 aliphatic carbocycles. The van der Waals surface area contributed by atoms with E-state index < -0.39 is 6.10 Å². The van der Waals surface area contributed by atoms with Crippen LogP contribution in [0.2, 0.25) is 0 Å². The second-order valence-corrected chi connectivity index (χ2v) is 7.51. The summed E-state index contributed by atoms with van der Waals surface area (Å²) < 4.78 is 7.83. The summed E-state index contributed by atoms with van der Waals surface area (Å²) in [4.78, 5) is 18.7. The molecule has 0 saturated heterocycles. The number of fused-ring (bicyclic) bond motifs is 1. The Labute approximate surface area is 153 Å². The van der Waals surface area contributed by atoms with Crippen LogP contribution in [0.5, 0.6) is 5.75 Å². The highest BCUT2D eigenvalue weighted by Crippen LogP contribution is 2.23. The number of nitrogens with zero attached hydrogens (tertiary/aromatic N) is 2. The third kappa shape index (κ3) is 3.94. The van der Waals surface area contributed by atoms with E-state index in [9.17, 15) is 4.79 Å². The van der Waals surface area contributed by atoms with E-state index >= 15 is 0 Å². The number of halogens is 1. The summed E-state index contributed by atoms with van der Waals surface area (Å²) in [5.41, 5.74) is 0.970. The van der Waals surface area contributed by atoms with E-state index in [1.165, 1.54) is 0 Å². The predicted molar refractivity (Wildman–Crippen MR) is 100 cm³/mol. The SMILES string of the molecule is C[C@H](Oc1ccc(Br)cc1)C(=O)N(C)Cc1nc2ccccc2s1. The number of carbonyl (C=O) groups excluding carboxylic acids is 1. The lowest BCUT2D eigenvalue weighted by Gasteiger charge is -2.21. The predicted octanol–water partition coefficient (Wildman–Crippen LogP) is 4.48. The summed E-state index contributed by atoms with van der Waals surface area (Å²) in [6.07, 6.45) is -0.550. The third-order valence-electron chi connectivity index (χ3n) is 3.56. The summed E-state index contributed by atoms with van der Waals surface area (Å²) in [6, 6.07) is 15.4. The number of thiazole rings is 1. The molecule has 1 aromatic heterocycles. The molecular formula is C18H17BrN2O2S. The van der Waals surface area contributed by atoms with Crippen LogP contribution in [0.25, 0.3) is 10.2 Å². The molecule has 0 aliphatic heterocycles. The Bertz CT molecular complexity index is 815. The second kappa shape index (κ2) is 7.32. The Balaban J connectivity index is 1.63. The van der Waals surface area contributed by atoms with Gasteiger partial charge in [-0.15, -0.1) is 11.3 Å². The molecule has 4 nitrogen and oxygen atoms in total. The number of likely N-dealkylation sites (N-methyl/N-ethyl adjacent to an activating group) is 1. The zero-order valence-corrected chi connectivity index (χ0v) is 15.8. The number of ether oxygens (including phenoxy) is 1. The first-order valence-electron chi connectivity index (χ1n) is 7.54. The van der Waals surface area contributed by atoms with Crippen LogP contribution in [-0.2, 0) is 11.3 Å². The number of hydrogen-bond acceptors (Lipinski definition) is 4. The normalized spacial score (nSPS) is 12.1. The first-order chi connectivity index (χ1) is 11.5. The highest BCUT2D eigenvalue weighted by molar-refractivity contribution is 9.10. The van der Waals surface area contributed by atoms with Gasteiger partial charge in [-0.2, -0.15) is 0 Å². The van der Waals surface area contributed by atoms with Gasteiger partial charge in [0, 0.05) is 11.5 Å². The number of carbonyl (C=O) groups is 1. The number of para-hydroxylation sites is 1. The van der Waals surface area contributed by atoms with Crippen molar-refractivity contribution in [3.8, 4) is 5.75 Å². The number of amides is 1. The second-order valence-electron chi connectivity index (χ2n) is 5.48. The lowest BCUT2D eigenvalue weighted by atomic mass is 10.3. The van der Waals surface area contributed by atoms with Crippen LogP contribution >= 0.6 is 27.3 Å². The Morgan fingerprint density at radius 1 is 1.25 bits per heavy atom. The van der Waals surface area contributed by atoms with Crippen LogP contribution in [0.15, 0.2) is 53.0 Å². The summed E-state index contributed by atoms with van der Waals surface area (Å²) >= 11 is 4.99. The average Bonchev–Trinajstić information content (AvgIpc) is 2.98. The van der Waals surface area contributed by atoms with E-state index in [2.05, 4.69) is 20.9 Å². The molecule has 0 saturated carbocycles. The molecule has 0 radical (unpaired) electrons. The molecule has 6 heteroatoms. The van der Waals surface area contributed by atoms with Crippen LogP contribution in [0.3, 0.4) is 0 Å². The van der Waals surface area contributed by atoms with Gasteiger partial charge in [-0.1, -0.05) is 28.1 Å². The van der Waals surface area contributed by atoms with Crippen LogP contribution in [0.1, 0.15) is 11.9 Å². The van der Waals surface area contributed by atoms with E-state index in [4.69, 9.17) is 4.74 Å². The van der Waals surface area contributed by atoms with Crippen LogP contribution in [0.4, 0.5) is 0 Å². The van der Waals surface area contributed by atoms with Crippen molar-refractivity contribution in [2.24, 2.45) is 0 Å². The Morgan fingerprint density at radius 2 is 1.96 bits per heavy atom. The number of rotatable bonds is 5. The van der Waals surface area contributed by atoms with Gasteiger partial charge in [0.2, 0.25) is 0 Å². The van der Waals surface area contributed by atoms with Crippen molar-refractivity contribution in [2.45, 2.75) is 19.6 Å². The first kappa shape index (κ1) is 16.9. The van der Waals surface area contributed by atoms with Gasteiger partial charge >= 0.3 is 0 Å². The zero-order chi connectivity index (χ0) is 17.1. The third-order valence-corrected chi connectivity index (χ3v) is 5.11. The van der Waals surface area contributed by atoms with Crippen molar-refractivity contribution in [3.05, 3.63) is 58.0 Å². The van der Waals surface area contributed by atoms with Gasteiger partial charge in [0.15, 0.2) is 6.10 Å². The Kier molecular flexibility index (Phi) is 5.16. The molecule has 1 amide bonds. The van der Waals surface area contributed by atoms with E-state index in [0.29, 0.717) is 12.3 Å². The fourth-order valence-electron chi connectivity index (χ4n) is 2.35.